The average Bonchev–Trinajstić information content (AvgIpc) is 1.89. The van der Waals surface area contributed by atoms with E-state index in [1.54, 1.807) is 0 Å². The van der Waals surface area contributed by atoms with Gasteiger partial charge in [-0.3, -0.25) is 0 Å². The minimum atomic E-state index is -1.04. The SMILES string of the molecule is CCCCCC(F)OC. The second kappa shape index (κ2) is 6.02. The van der Waals surface area contributed by atoms with Gasteiger partial charge in [0.25, 0.3) is 0 Å². The van der Waals surface area contributed by atoms with Crippen LogP contribution < -0.4 is 0 Å². The van der Waals surface area contributed by atoms with Crippen LogP contribution in [0.15, 0.2) is 0 Å². The standard InChI is InChI=1S/C7H15FO/c1-3-4-5-6-7(8)9-2/h7H,3-6H2,1-2H3. The van der Waals surface area contributed by atoms with Crippen molar-refractivity contribution in [2.75, 3.05) is 7.11 Å². The molecule has 0 radical (unpaired) electrons. The summed E-state index contributed by atoms with van der Waals surface area (Å²) in [6.07, 6.45) is 2.67. The van der Waals surface area contributed by atoms with Gasteiger partial charge in [0, 0.05) is 13.5 Å². The molecule has 0 aliphatic heterocycles. The van der Waals surface area contributed by atoms with Crippen LogP contribution in [-0.4, -0.2) is 13.5 Å². The zero-order valence-electron chi connectivity index (χ0n) is 6.19. The van der Waals surface area contributed by atoms with Crippen molar-refractivity contribution in [3.63, 3.8) is 0 Å². The van der Waals surface area contributed by atoms with Gasteiger partial charge in [0.05, 0.1) is 0 Å². The minimum absolute atomic E-state index is 0.546. The maximum absolute atomic E-state index is 12.2. The Bertz CT molecular complexity index is 56.9. The zero-order chi connectivity index (χ0) is 7.11. The van der Waals surface area contributed by atoms with Crippen LogP contribution in [0.4, 0.5) is 4.39 Å². The van der Waals surface area contributed by atoms with E-state index in [1.165, 1.54) is 7.11 Å². The lowest BCUT2D eigenvalue weighted by molar-refractivity contribution is -0.0121. The van der Waals surface area contributed by atoms with Crippen molar-refractivity contribution in [3.8, 4) is 0 Å². The zero-order valence-corrected chi connectivity index (χ0v) is 6.19. The predicted octanol–water partition coefficient (Wildman–Crippen LogP) is 2.51. The molecule has 9 heavy (non-hydrogen) atoms. The number of methoxy groups -OCH3 is 1. The van der Waals surface area contributed by atoms with E-state index in [0.717, 1.165) is 19.3 Å². The summed E-state index contributed by atoms with van der Waals surface area (Å²) in [5.74, 6) is 0. The van der Waals surface area contributed by atoms with Crippen LogP contribution in [0.2, 0.25) is 0 Å². The third kappa shape index (κ3) is 5.77. The molecule has 0 amide bonds. The molecule has 0 heterocycles. The van der Waals surface area contributed by atoms with Crippen LogP contribution in [0.5, 0.6) is 0 Å². The molecule has 0 fully saturated rings. The van der Waals surface area contributed by atoms with Crippen LogP contribution in [-0.2, 0) is 4.74 Å². The highest BCUT2D eigenvalue weighted by Gasteiger charge is 2.00. The van der Waals surface area contributed by atoms with Gasteiger partial charge in [-0.2, -0.15) is 0 Å². The highest BCUT2D eigenvalue weighted by Crippen LogP contribution is 2.05. The smallest absolute Gasteiger partial charge is 0.198 e. The lowest BCUT2D eigenvalue weighted by Crippen LogP contribution is -2.01. The fourth-order valence-corrected chi connectivity index (χ4v) is 0.673. The number of hydrogen-bond acceptors (Lipinski definition) is 1. The Kier molecular flexibility index (Phi) is 5.94. The number of unbranched alkanes of at least 4 members (excludes halogenated alkanes) is 2. The largest absolute Gasteiger partial charge is 0.351 e. The number of rotatable bonds is 5. The van der Waals surface area contributed by atoms with Crippen molar-refractivity contribution in [2.24, 2.45) is 0 Å². The molecule has 1 atom stereocenters. The van der Waals surface area contributed by atoms with E-state index >= 15 is 0 Å². The third-order valence-electron chi connectivity index (χ3n) is 1.29. The second-order valence-corrected chi connectivity index (χ2v) is 2.14. The Morgan fingerprint density at radius 2 is 2.11 bits per heavy atom. The quantitative estimate of drug-likeness (QED) is 0.525. The Balaban J connectivity index is 2.88. The Morgan fingerprint density at radius 3 is 2.56 bits per heavy atom. The van der Waals surface area contributed by atoms with Gasteiger partial charge in [-0.05, 0) is 6.42 Å². The first-order valence-electron chi connectivity index (χ1n) is 3.48. The van der Waals surface area contributed by atoms with E-state index in [9.17, 15) is 4.39 Å². The molecule has 0 saturated heterocycles. The molecule has 0 aromatic heterocycles. The first-order chi connectivity index (χ1) is 4.31. The average molecular weight is 134 g/mol. The number of halogens is 1. The topological polar surface area (TPSA) is 9.23 Å². The van der Waals surface area contributed by atoms with Crippen molar-refractivity contribution in [3.05, 3.63) is 0 Å². The van der Waals surface area contributed by atoms with E-state index in [4.69, 9.17) is 0 Å². The maximum atomic E-state index is 12.2. The molecular weight excluding hydrogens is 119 g/mol. The van der Waals surface area contributed by atoms with Crippen LogP contribution in [0.25, 0.3) is 0 Å². The summed E-state index contributed by atoms with van der Waals surface area (Å²) in [5.41, 5.74) is 0. The number of ether oxygens (including phenoxy) is 1. The lowest BCUT2D eigenvalue weighted by Gasteiger charge is -2.03. The molecular formula is C7H15FO. The van der Waals surface area contributed by atoms with Crippen LogP contribution >= 0.6 is 0 Å². The third-order valence-corrected chi connectivity index (χ3v) is 1.29. The molecule has 0 spiro atoms. The number of alkyl halides is 1. The normalized spacial score (nSPS) is 13.7. The molecule has 0 saturated carbocycles. The molecule has 0 bridgehead atoms. The van der Waals surface area contributed by atoms with Gasteiger partial charge in [-0.1, -0.05) is 19.8 Å². The summed E-state index contributed by atoms with van der Waals surface area (Å²) in [6, 6.07) is 0. The van der Waals surface area contributed by atoms with Gasteiger partial charge in [0.1, 0.15) is 0 Å². The molecule has 0 aliphatic carbocycles. The first-order valence-corrected chi connectivity index (χ1v) is 3.48. The molecule has 0 aromatic carbocycles. The highest BCUT2D eigenvalue weighted by molar-refractivity contribution is 4.42. The van der Waals surface area contributed by atoms with Gasteiger partial charge in [-0.25, -0.2) is 4.39 Å². The molecule has 0 aliphatic rings. The summed E-state index contributed by atoms with van der Waals surface area (Å²) in [4.78, 5) is 0. The summed E-state index contributed by atoms with van der Waals surface area (Å²) < 4.78 is 16.7. The van der Waals surface area contributed by atoms with Crippen molar-refractivity contribution >= 4 is 0 Å². The van der Waals surface area contributed by atoms with Crippen molar-refractivity contribution in [2.45, 2.75) is 39.0 Å². The van der Waals surface area contributed by atoms with E-state index in [-0.39, 0.29) is 0 Å². The van der Waals surface area contributed by atoms with Crippen molar-refractivity contribution in [1.82, 2.24) is 0 Å². The molecule has 1 unspecified atom stereocenters. The molecule has 1 nitrogen and oxygen atoms in total. The molecule has 2 heteroatoms. The van der Waals surface area contributed by atoms with Crippen LogP contribution in [0.1, 0.15) is 32.6 Å². The highest BCUT2D eigenvalue weighted by atomic mass is 19.1. The Hall–Kier alpha value is -0.110. The Morgan fingerprint density at radius 1 is 1.44 bits per heavy atom. The van der Waals surface area contributed by atoms with Crippen LogP contribution in [0, 0.1) is 0 Å². The summed E-state index contributed by atoms with van der Waals surface area (Å²) in [7, 11) is 1.40. The minimum Gasteiger partial charge on any atom is -0.351 e. The number of hydrogen-bond donors (Lipinski definition) is 0. The summed E-state index contributed by atoms with van der Waals surface area (Å²) >= 11 is 0. The molecule has 0 rings (SSSR count). The molecule has 0 N–H and O–H groups in total. The van der Waals surface area contributed by atoms with Crippen LogP contribution in [0.3, 0.4) is 0 Å². The van der Waals surface area contributed by atoms with Gasteiger partial charge in [0.15, 0.2) is 6.36 Å². The van der Waals surface area contributed by atoms with E-state index in [0.29, 0.717) is 6.42 Å². The fraction of sp³-hybridized carbons (Fsp3) is 1.00. The molecule has 0 aromatic rings. The van der Waals surface area contributed by atoms with Crippen molar-refractivity contribution < 1.29 is 9.13 Å². The van der Waals surface area contributed by atoms with Gasteiger partial charge in [0.2, 0.25) is 0 Å². The monoisotopic (exact) mass is 134 g/mol. The van der Waals surface area contributed by atoms with E-state index in [1.807, 2.05) is 0 Å². The van der Waals surface area contributed by atoms with Gasteiger partial charge < -0.3 is 4.74 Å². The van der Waals surface area contributed by atoms with Crippen molar-refractivity contribution in [1.29, 1.82) is 0 Å². The predicted molar refractivity (Wildman–Crippen MR) is 36.0 cm³/mol. The second-order valence-electron chi connectivity index (χ2n) is 2.14. The fourth-order valence-electron chi connectivity index (χ4n) is 0.673. The first kappa shape index (κ1) is 8.89. The van der Waals surface area contributed by atoms with Gasteiger partial charge >= 0.3 is 0 Å². The summed E-state index contributed by atoms with van der Waals surface area (Å²) in [6.45, 7) is 2.10. The lowest BCUT2D eigenvalue weighted by atomic mass is 10.2. The maximum Gasteiger partial charge on any atom is 0.198 e. The Labute approximate surface area is 56.2 Å². The van der Waals surface area contributed by atoms with E-state index in [2.05, 4.69) is 11.7 Å². The van der Waals surface area contributed by atoms with E-state index < -0.39 is 6.36 Å². The van der Waals surface area contributed by atoms with Gasteiger partial charge in [-0.15, -0.1) is 0 Å². The molecule has 56 valence electrons. The summed E-state index contributed by atoms with van der Waals surface area (Å²) in [5, 5.41) is 0.